The lowest BCUT2D eigenvalue weighted by Gasteiger charge is -2.25. The summed E-state index contributed by atoms with van der Waals surface area (Å²) in [6.45, 7) is 5.86. The molecule has 1 aromatic carbocycles. The average Bonchev–Trinajstić information content (AvgIpc) is 2.68. The smallest absolute Gasteiger partial charge is 0.186 e. The van der Waals surface area contributed by atoms with Gasteiger partial charge >= 0.3 is 0 Å². The van der Waals surface area contributed by atoms with Crippen molar-refractivity contribution in [1.82, 2.24) is 4.98 Å². The maximum Gasteiger partial charge on any atom is 0.186 e. The number of nitrogens with two attached hydrogens (primary N) is 1. The zero-order valence-electron chi connectivity index (χ0n) is 9.68. The molecule has 16 heavy (non-hydrogen) atoms. The Hall–Kier alpha value is -1.13. The number of aromatic nitrogens is 1. The minimum absolute atomic E-state index is 0.434. The first-order valence-electron chi connectivity index (χ1n) is 5.54. The third-order valence-electron chi connectivity index (χ3n) is 2.52. The summed E-state index contributed by atoms with van der Waals surface area (Å²) in [4.78, 5) is 6.90. The second-order valence-electron chi connectivity index (χ2n) is 4.04. The zero-order valence-corrected chi connectivity index (χ0v) is 10.5. The van der Waals surface area contributed by atoms with Crippen LogP contribution in [0.2, 0.25) is 0 Å². The van der Waals surface area contributed by atoms with E-state index in [0.717, 1.165) is 17.2 Å². The number of nitrogens with zero attached hydrogens (tertiary/aromatic N) is 2. The molecule has 2 rings (SSSR count). The number of rotatable bonds is 4. The summed E-state index contributed by atoms with van der Waals surface area (Å²) in [7, 11) is 0. The van der Waals surface area contributed by atoms with Crippen molar-refractivity contribution in [1.29, 1.82) is 0 Å². The third kappa shape index (κ3) is 2.18. The van der Waals surface area contributed by atoms with Crippen molar-refractivity contribution in [3.8, 4) is 0 Å². The van der Waals surface area contributed by atoms with Crippen LogP contribution in [0.3, 0.4) is 0 Å². The van der Waals surface area contributed by atoms with Crippen molar-refractivity contribution in [3.05, 3.63) is 24.3 Å². The maximum atomic E-state index is 5.63. The van der Waals surface area contributed by atoms with Gasteiger partial charge in [-0.15, -0.1) is 0 Å². The molecule has 0 saturated carbocycles. The molecule has 0 fully saturated rings. The zero-order chi connectivity index (χ0) is 11.5. The summed E-state index contributed by atoms with van der Waals surface area (Å²) in [6, 6.07) is 8.67. The molecule has 3 nitrogen and oxygen atoms in total. The van der Waals surface area contributed by atoms with Crippen molar-refractivity contribution in [2.75, 3.05) is 18.0 Å². The van der Waals surface area contributed by atoms with Gasteiger partial charge in [-0.1, -0.05) is 23.5 Å². The van der Waals surface area contributed by atoms with E-state index in [0.29, 0.717) is 12.6 Å². The van der Waals surface area contributed by atoms with E-state index in [2.05, 4.69) is 35.9 Å². The molecule has 0 bridgehead atoms. The molecule has 4 heteroatoms. The first-order valence-corrected chi connectivity index (χ1v) is 6.36. The van der Waals surface area contributed by atoms with Gasteiger partial charge in [0.15, 0.2) is 5.13 Å². The van der Waals surface area contributed by atoms with Gasteiger partial charge in [0.2, 0.25) is 0 Å². The Morgan fingerprint density at radius 1 is 1.38 bits per heavy atom. The molecule has 0 radical (unpaired) electrons. The van der Waals surface area contributed by atoms with Crippen molar-refractivity contribution in [2.24, 2.45) is 5.73 Å². The Labute approximate surface area is 99.9 Å². The third-order valence-corrected chi connectivity index (χ3v) is 3.60. The van der Waals surface area contributed by atoms with Crippen LogP contribution < -0.4 is 10.6 Å². The Bertz CT molecular complexity index is 431. The molecule has 0 saturated heterocycles. The van der Waals surface area contributed by atoms with Crippen LogP contribution in [0.5, 0.6) is 0 Å². The van der Waals surface area contributed by atoms with E-state index >= 15 is 0 Å². The topological polar surface area (TPSA) is 42.1 Å². The van der Waals surface area contributed by atoms with Gasteiger partial charge in [0.05, 0.1) is 10.2 Å². The highest BCUT2D eigenvalue weighted by atomic mass is 32.1. The molecular weight excluding hydrogens is 218 g/mol. The number of hydrogen-bond donors (Lipinski definition) is 1. The summed E-state index contributed by atoms with van der Waals surface area (Å²) in [5.74, 6) is 0. The van der Waals surface area contributed by atoms with Gasteiger partial charge in [0.1, 0.15) is 0 Å². The Balaban J connectivity index is 2.37. The summed E-state index contributed by atoms with van der Waals surface area (Å²) in [6.07, 6.45) is 0. The molecule has 0 unspecified atom stereocenters. The molecule has 0 amide bonds. The Morgan fingerprint density at radius 3 is 2.75 bits per heavy atom. The predicted octanol–water partition coefficient (Wildman–Crippen LogP) is 2.47. The van der Waals surface area contributed by atoms with Gasteiger partial charge in [0.25, 0.3) is 0 Å². The largest absolute Gasteiger partial charge is 0.344 e. The van der Waals surface area contributed by atoms with Crippen LogP contribution in [0.25, 0.3) is 10.2 Å². The lowest BCUT2D eigenvalue weighted by atomic mass is 10.3. The minimum Gasteiger partial charge on any atom is -0.344 e. The summed E-state index contributed by atoms with van der Waals surface area (Å²) in [5.41, 5.74) is 6.71. The van der Waals surface area contributed by atoms with Gasteiger partial charge < -0.3 is 10.6 Å². The normalized spacial score (nSPS) is 11.2. The molecule has 2 N–H and O–H groups in total. The van der Waals surface area contributed by atoms with Crippen molar-refractivity contribution < 1.29 is 0 Å². The minimum atomic E-state index is 0.434. The van der Waals surface area contributed by atoms with E-state index in [-0.39, 0.29) is 0 Å². The van der Waals surface area contributed by atoms with Crippen LogP contribution in [-0.4, -0.2) is 24.1 Å². The fourth-order valence-electron chi connectivity index (χ4n) is 1.70. The lowest BCUT2D eigenvalue weighted by Crippen LogP contribution is -2.35. The lowest BCUT2D eigenvalue weighted by molar-refractivity contribution is 0.682. The highest BCUT2D eigenvalue weighted by Gasteiger charge is 2.13. The van der Waals surface area contributed by atoms with Crippen molar-refractivity contribution >= 4 is 26.7 Å². The number of anilines is 1. The number of fused-ring (bicyclic) bond motifs is 1. The van der Waals surface area contributed by atoms with Crippen LogP contribution in [-0.2, 0) is 0 Å². The number of para-hydroxylation sites is 1. The fraction of sp³-hybridized carbons (Fsp3) is 0.417. The van der Waals surface area contributed by atoms with E-state index in [1.807, 2.05) is 12.1 Å². The highest BCUT2D eigenvalue weighted by molar-refractivity contribution is 7.22. The van der Waals surface area contributed by atoms with E-state index in [4.69, 9.17) is 5.73 Å². The van der Waals surface area contributed by atoms with Crippen LogP contribution in [0.4, 0.5) is 5.13 Å². The van der Waals surface area contributed by atoms with Crippen LogP contribution in [0.15, 0.2) is 24.3 Å². The van der Waals surface area contributed by atoms with Crippen molar-refractivity contribution in [3.63, 3.8) is 0 Å². The first kappa shape index (κ1) is 11.4. The quantitative estimate of drug-likeness (QED) is 0.885. The standard InChI is InChI=1S/C12H17N3S/c1-9(2)15(8-7-13)12-14-10-5-3-4-6-11(10)16-12/h3-6,9H,7-8,13H2,1-2H3. The van der Waals surface area contributed by atoms with Gasteiger partial charge in [0, 0.05) is 19.1 Å². The van der Waals surface area contributed by atoms with E-state index in [9.17, 15) is 0 Å². The molecule has 0 spiro atoms. The second-order valence-corrected chi connectivity index (χ2v) is 5.05. The molecule has 0 aliphatic heterocycles. The van der Waals surface area contributed by atoms with Gasteiger partial charge in [-0.2, -0.15) is 0 Å². The predicted molar refractivity (Wildman–Crippen MR) is 71.2 cm³/mol. The average molecular weight is 235 g/mol. The van der Waals surface area contributed by atoms with Crippen molar-refractivity contribution in [2.45, 2.75) is 19.9 Å². The number of benzene rings is 1. The first-order chi connectivity index (χ1) is 7.72. The van der Waals surface area contributed by atoms with Gasteiger partial charge in [-0.25, -0.2) is 4.98 Å². The van der Waals surface area contributed by atoms with E-state index < -0.39 is 0 Å². The Morgan fingerprint density at radius 2 is 2.12 bits per heavy atom. The molecule has 2 aromatic rings. The van der Waals surface area contributed by atoms with E-state index in [1.165, 1.54) is 4.70 Å². The van der Waals surface area contributed by atoms with Crippen LogP contribution >= 0.6 is 11.3 Å². The molecule has 86 valence electrons. The molecule has 1 heterocycles. The van der Waals surface area contributed by atoms with Gasteiger partial charge in [-0.3, -0.25) is 0 Å². The maximum absolute atomic E-state index is 5.63. The Kier molecular flexibility index (Phi) is 3.41. The molecular formula is C12H17N3S. The summed E-state index contributed by atoms with van der Waals surface area (Å²) < 4.78 is 1.24. The monoisotopic (exact) mass is 235 g/mol. The van der Waals surface area contributed by atoms with Gasteiger partial charge in [-0.05, 0) is 26.0 Å². The summed E-state index contributed by atoms with van der Waals surface area (Å²) in [5, 5.41) is 1.07. The summed E-state index contributed by atoms with van der Waals surface area (Å²) >= 11 is 1.73. The molecule has 1 aromatic heterocycles. The fourth-order valence-corrected chi connectivity index (χ4v) is 2.82. The van der Waals surface area contributed by atoms with Crippen LogP contribution in [0, 0.1) is 0 Å². The second kappa shape index (κ2) is 4.80. The highest BCUT2D eigenvalue weighted by Crippen LogP contribution is 2.29. The SMILES string of the molecule is CC(C)N(CCN)c1nc2ccccc2s1. The molecule has 0 aliphatic carbocycles. The molecule has 0 atom stereocenters. The number of thiazole rings is 1. The van der Waals surface area contributed by atoms with Crippen LogP contribution in [0.1, 0.15) is 13.8 Å². The number of hydrogen-bond acceptors (Lipinski definition) is 4. The van der Waals surface area contributed by atoms with E-state index in [1.54, 1.807) is 11.3 Å². The molecule has 0 aliphatic rings.